The summed E-state index contributed by atoms with van der Waals surface area (Å²) >= 11 is 0. The summed E-state index contributed by atoms with van der Waals surface area (Å²) in [6.45, 7) is 2.15. The van der Waals surface area contributed by atoms with Crippen LogP contribution in [0.15, 0.2) is 170 Å². The lowest BCUT2D eigenvalue weighted by Crippen LogP contribution is -2.28. The summed E-state index contributed by atoms with van der Waals surface area (Å²) in [6.07, 6.45) is -0.742. The van der Waals surface area contributed by atoms with Crippen LogP contribution in [-0.2, 0) is 5.41 Å². The van der Waals surface area contributed by atoms with E-state index in [1.807, 2.05) is 48.5 Å². The van der Waals surface area contributed by atoms with E-state index in [4.69, 9.17) is 9.47 Å². The lowest BCUT2D eigenvalue weighted by Gasteiger charge is -2.34. The van der Waals surface area contributed by atoms with Crippen LogP contribution in [0.4, 0.5) is 0 Å². The van der Waals surface area contributed by atoms with E-state index in [0.717, 1.165) is 22.6 Å². The maximum atomic E-state index is 11.0. The number of hydrogen-bond donors (Lipinski definition) is 1. The first-order valence-corrected chi connectivity index (χ1v) is 17.4. The largest absolute Gasteiger partial charge is 0.497 e. The molecule has 0 aromatic heterocycles. The van der Waals surface area contributed by atoms with Crippen LogP contribution in [0.3, 0.4) is 0 Å². The molecule has 8 aromatic rings. The van der Waals surface area contributed by atoms with Crippen molar-refractivity contribution in [2.45, 2.75) is 18.4 Å². The molecule has 0 spiro atoms. The molecule has 9 rings (SSSR count). The Balaban J connectivity index is 1.14. The summed E-state index contributed by atoms with van der Waals surface area (Å²) in [5, 5.41) is 15.9. The predicted octanol–water partition coefficient (Wildman–Crippen LogP) is 11.5. The van der Waals surface area contributed by atoms with E-state index < -0.39 is 11.5 Å². The first-order chi connectivity index (χ1) is 25.0. The second-order valence-electron chi connectivity index (χ2n) is 13.4. The zero-order valence-electron chi connectivity index (χ0n) is 28.5. The molecule has 2 atom stereocenters. The third-order valence-corrected chi connectivity index (χ3v) is 10.5. The minimum atomic E-state index is -0.742. The van der Waals surface area contributed by atoms with Gasteiger partial charge >= 0.3 is 0 Å². The Morgan fingerprint density at radius 1 is 0.510 bits per heavy atom. The van der Waals surface area contributed by atoms with Crippen LogP contribution in [0.1, 0.15) is 45.0 Å². The number of benzene rings is 8. The number of rotatable bonds is 7. The number of methoxy groups -OCH3 is 1. The Hall–Kier alpha value is -6.16. The van der Waals surface area contributed by atoms with Crippen LogP contribution in [0.25, 0.3) is 32.7 Å². The van der Waals surface area contributed by atoms with Gasteiger partial charge in [0, 0.05) is 0 Å². The summed E-state index contributed by atoms with van der Waals surface area (Å²) in [5.41, 5.74) is 9.86. The Morgan fingerprint density at radius 2 is 1.04 bits per heavy atom. The molecule has 8 aromatic carbocycles. The van der Waals surface area contributed by atoms with Gasteiger partial charge in [0.05, 0.1) is 12.5 Å². The van der Waals surface area contributed by atoms with Gasteiger partial charge in [-0.05, 0) is 122 Å². The summed E-state index contributed by atoms with van der Waals surface area (Å²) < 4.78 is 11.6. The first-order valence-electron chi connectivity index (χ1n) is 17.4. The fourth-order valence-corrected chi connectivity index (χ4v) is 7.97. The van der Waals surface area contributed by atoms with E-state index in [1.165, 1.54) is 60.5 Å². The maximum Gasteiger partial charge on any atom is 0.127 e. The highest BCUT2D eigenvalue weighted by Gasteiger charge is 2.47. The molecule has 1 aliphatic carbocycles. The van der Waals surface area contributed by atoms with Gasteiger partial charge < -0.3 is 14.6 Å². The molecule has 0 saturated carbocycles. The van der Waals surface area contributed by atoms with Crippen molar-refractivity contribution in [3.63, 3.8) is 0 Å². The van der Waals surface area contributed by atoms with Gasteiger partial charge in [-0.15, -0.1) is 0 Å². The fourth-order valence-electron chi connectivity index (χ4n) is 7.97. The highest BCUT2D eigenvalue weighted by Crippen LogP contribution is 2.58. The number of aliphatic hydroxyl groups is 1. The lowest BCUT2D eigenvalue weighted by molar-refractivity contribution is 0.220. The average molecular weight is 661 g/mol. The second kappa shape index (κ2) is 12.3. The number of aliphatic hydroxyl groups excluding tert-OH is 1. The Labute approximate surface area is 298 Å². The van der Waals surface area contributed by atoms with Crippen molar-refractivity contribution >= 4 is 21.5 Å². The minimum absolute atomic E-state index is 0.537. The Morgan fingerprint density at radius 3 is 1.67 bits per heavy atom. The molecule has 0 radical (unpaired) electrons. The zero-order chi connectivity index (χ0) is 34.5. The van der Waals surface area contributed by atoms with Crippen molar-refractivity contribution in [1.82, 2.24) is 0 Å². The Bertz CT molecular complexity index is 2530. The van der Waals surface area contributed by atoms with Gasteiger partial charge in [0.15, 0.2) is 0 Å². The summed E-state index contributed by atoms with van der Waals surface area (Å²) in [6, 6.07) is 59.6. The normalized spacial score (nSPS) is 15.4. The summed E-state index contributed by atoms with van der Waals surface area (Å²) in [7, 11) is 1.63. The molecule has 2 unspecified atom stereocenters. The quantitative estimate of drug-likeness (QED) is 0.185. The van der Waals surface area contributed by atoms with Gasteiger partial charge in [-0.1, -0.05) is 127 Å². The molecular weight excluding hydrogens is 625 g/mol. The van der Waals surface area contributed by atoms with Gasteiger partial charge in [0.1, 0.15) is 23.4 Å². The van der Waals surface area contributed by atoms with Crippen LogP contribution < -0.4 is 9.47 Å². The number of aryl methyl sites for hydroxylation is 1. The van der Waals surface area contributed by atoms with Gasteiger partial charge in [0.25, 0.3) is 0 Å². The molecule has 3 heteroatoms. The van der Waals surface area contributed by atoms with E-state index in [0.29, 0.717) is 5.75 Å². The monoisotopic (exact) mass is 660 g/mol. The topological polar surface area (TPSA) is 38.7 Å². The molecule has 246 valence electrons. The smallest absolute Gasteiger partial charge is 0.127 e. The van der Waals surface area contributed by atoms with E-state index in [9.17, 15) is 5.11 Å². The second-order valence-corrected chi connectivity index (χ2v) is 13.4. The van der Waals surface area contributed by atoms with E-state index in [2.05, 4.69) is 128 Å². The summed E-state index contributed by atoms with van der Waals surface area (Å²) in [5.74, 6) is 2.21. The van der Waals surface area contributed by atoms with Gasteiger partial charge in [-0.2, -0.15) is 0 Å². The van der Waals surface area contributed by atoms with Gasteiger partial charge in [0.2, 0.25) is 0 Å². The third-order valence-electron chi connectivity index (χ3n) is 10.5. The first kappa shape index (κ1) is 30.9. The minimum Gasteiger partial charge on any atom is -0.497 e. The molecule has 51 heavy (non-hydrogen) atoms. The molecule has 0 bridgehead atoms. The van der Waals surface area contributed by atoms with Crippen LogP contribution >= 0.6 is 0 Å². The zero-order valence-corrected chi connectivity index (χ0v) is 28.5. The molecular formula is C48H36O3. The molecule has 3 nitrogen and oxygen atoms in total. The molecule has 1 aliphatic rings. The Kier molecular flexibility index (Phi) is 7.45. The molecule has 0 amide bonds. The van der Waals surface area contributed by atoms with Crippen molar-refractivity contribution in [3.05, 3.63) is 209 Å². The highest BCUT2D eigenvalue weighted by molar-refractivity contribution is 6.06. The van der Waals surface area contributed by atoms with Crippen LogP contribution in [0, 0.1) is 6.92 Å². The van der Waals surface area contributed by atoms with Crippen molar-refractivity contribution in [2.24, 2.45) is 0 Å². The molecule has 1 N–H and O–H groups in total. The molecule has 0 aliphatic heterocycles. The van der Waals surface area contributed by atoms with Gasteiger partial charge in [-0.3, -0.25) is 0 Å². The van der Waals surface area contributed by atoms with E-state index >= 15 is 0 Å². The maximum absolute atomic E-state index is 11.0. The average Bonchev–Trinajstić information content (AvgIpc) is 3.48. The van der Waals surface area contributed by atoms with E-state index in [-0.39, 0.29) is 0 Å². The van der Waals surface area contributed by atoms with Crippen molar-refractivity contribution < 1.29 is 14.6 Å². The number of fused-ring (bicyclic) bond motifs is 6. The number of ether oxygens (including phenoxy) is 2. The van der Waals surface area contributed by atoms with Crippen LogP contribution in [-0.4, -0.2) is 12.2 Å². The molecule has 0 fully saturated rings. The molecule has 0 saturated heterocycles. The number of hydrogen-bond acceptors (Lipinski definition) is 3. The lowest BCUT2D eigenvalue weighted by atomic mass is 9.67. The SMILES string of the molecule is COc1ccc(C(O)c2ccc(Oc3ccc(C4(c5ccc(C)cc5)c5cc6ccccc6cc5-c5c4ccc4ccccc54)cc3)cc2)cc1. The fraction of sp³-hybridized carbons (Fsp3) is 0.0833. The van der Waals surface area contributed by atoms with Crippen molar-refractivity contribution in [2.75, 3.05) is 7.11 Å². The van der Waals surface area contributed by atoms with Gasteiger partial charge in [-0.25, -0.2) is 0 Å². The van der Waals surface area contributed by atoms with Crippen LogP contribution in [0.2, 0.25) is 0 Å². The third kappa shape index (κ3) is 5.09. The van der Waals surface area contributed by atoms with Crippen molar-refractivity contribution in [1.29, 1.82) is 0 Å². The molecule has 0 heterocycles. The van der Waals surface area contributed by atoms with Crippen LogP contribution in [0.5, 0.6) is 17.2 Å². The van der Waals surface area contributed by atoms with E-state index in [1.54, 1.807) is 7.11 Å². The standard InChI is InChI=1S/C48H36O3/c1-31-11-18-37(19-12-31)48(44-28-17-32-7-5-6-10-42(32)46(44)43-29-35-8-3-4-9-36(35)30-45(43)48)38-20-26-41(27-21-38)51-40-24-15-34(16-25-40)47(49)33-13-22-39(50-2)23-14-33/h3-30,47,49H,1-2H3. The highest BCUT2D eigenvalue weighted by atomic mass is 16.5. The predicted molar refractivity (Wildman–Crippen MR) is 207 cm³/mol. The van der Waals surface area contributed by atoms with Crippen molar-refractivity contribution in [3.8, 4) is 28.4 Å². The summed E-state index contributed by atoms with van der Waals surface area (Å²) in [4.78, 5) is 0.